The highest BCUT2D eigenvalue weighted by Gasteiger charge is 2.28. The van der Waals surface area contributed by atoms with Gasteiger partial charge in [0.25, 0.3) is 0 Å². The molecule has 0 amide bonds. The van der Waals surface area contributed by atoms with E-state index in [1.807, 2.05) is 0 Å². The topological polar surface area (TPSA) is 24.5 Å². The molecule has 1 N–H and O–H groups in total. The van der Waals surface area contributed by atoms with Gasteiger partial charge in [-0.2, -0.15) is 0 Å². The van der Waals surface area contributed by atoms with Crippen molar-refractivity contribution >= 4 is 5.69 Å². The van der Waals surface area contributed by atoms with Crippen LogP contribution in [-0.4, -0.2) is 31.8 Å². The number of nitrogens with one attached hydrogen (secondary N) is 1. The van der Waals surface area contributed by atoms with Gasteiger partial charge in [-0.1, -0.05) is 12.1 Å². The first-order valence-corrected chi connectivity index (χ1v) is 8.44. The van der Waals surface area contributed by atoms with E-state index >= 15 is 0 Å². The van der Waals surface area contributed by atoms with Gasteiger partial charge in [0.15, 0.2) is 0 Å². The molecule has 116 valence electrons. The molecular formula is C18H28N2O. The second-order valence-electron chi connectivity index (χ2n) is 6.72. The third kappa shape index (κ3) is 3.98. The average Bonchev–Trinajstić information content (AvgIpc) is 2.96. The van der Waals surface area contributed by atoms with Crippen molar-refractivity contribution in [2.75, 3.05) is 31.1 Å². The molecule has 0 radical (unpaired) electrons. The fourth-order valence-electron chi connectivity index (χ4n) is 3.42. The monoisotopic (exact) mass is 288 g/mol. The van der Waals surface area contributed by atoms with Crippen molar-refractivity contribution in [1.82, 2.24) is 5.32 Å². The lowest BCUT2D eigenvalue weighted by Gasteiger charge is -2.29. The minimum atomic E-state index is 0.0493. The summed E-state index contributed by atoms with van der Waals surface area (Å²) in [4.78, 5) is 2.51. The molecule has 0 saturated carbocycles. The van der Waals surface area contributed by atoms with Crippen LogP contribution in [0.4, 0.5) is 5.69 Å². The Morgan fingerprint density at radius 2 is 1.86 bits per heavy atom. The van der Waals surface area contributed by atoms with E-state index in [1.54, 1.807) is 0 Å². The molecule has 1 atom stereocenters. The molecule has 0 aromatic heterocycles. The molecular weight excluding hydrogens is 260 g/mol. The van der Waals surface area contributed by atoms with Gasteiger partial charge in [0.05, 0.1) is 5.60 Å². The molecule has 2 fully saturated rings. The maximum atomic E-state index is 5.81. The zero-order valence-corrected chi connectivity index (χ0v) is 13.2. The number of anilines is 1. The Balaban J connectivity index is 1.47. The molecule has 3 nitrogen and oxygen atoms in total. The summed E-state index contributed by atoms with van der Waals surface area (Å²) in [6.45, 7) is 7.44. The maximum absolute atomic E-state index is 5.81. The zero-order valence-electron chi connectivity index (χ0n) is 13.2. The molecule has 21 heavy (non-hydrogen) atoms. The van der Waals surface area contributed by atoms with Crippen LogP contribution < -0.4 is 10.2 Å². The standard InChI is InChI=1S/C18H28N2O/c1-18(10-5-13-21-18)15-19-14-16-6-8-17(9-7-16)20-11-3-2-4-12-20/h6-9,19H,2-5,10-15H2,1H3. The minimum absolute atomic E-state index is 0.0493. The zero-order chi connectivity index (χ0) is 14.5. The van der Waals surface area contributed by atoms with Crippen LogP contribution in [0.1, 0.15) is 44.6 Å². The third-order valence-electron chi connectivity index (χ3n) is 4.79. The molecule has 2 aliphatic heterocycles. The van der Waals surface area contributed by atoms with Gasteiger partial charge in [-0.05, 0) is 56.7 Å². The second kappa shape index (κ2) is 6.80. The molecule has 0 spiro atoms. The van der Waals surface area contributed by atoms with Crippen molar-refractivity contribution in [1.29, 1.82) is 0 Å². The van der Waals surface area contributed by atoms with Gasteiger partial charge in [-0.25, -0.2) is 0 Å². The summed E-state index contributed by atoms with van der Waals surface area (Å²) in [6.07, 6.45) is 6.43. The largest absolute Gasteiger partial charge is 0.374 e. The molecule has 1 unspecified atom stereocenters. The van der Waals surface area contributed by atoms with E-state index in [1.165, 1.54) is 56.4 Å². The molecule has 2 heterocycles. The molecule has 3 rings (SSSR count). The van der Waals surface area contributed by atoms with Crippen LogP contribution in [0.25, 0.3) is 0 Å². The lowest BCUT2D eigenvalue weighted by Crippen LogP contribution is -2.36. The SMILES string of the molecule is CC1(CNCc2ccc(N3CCCCC3)cc2)CCCO1. The fourth-order valence-corrected chi connectivity index (χ4v) is 3.42. The van der Waals surface area contributed by atoms with Crippen LogP contribution in [0.15, 0.2) is 24.3 Å². The van der Waals surface area contributed by atoms with Crippen LogP contribution >= 0.6 is 0 Å². The Labute approximate surface area is 128 Å². The van der Waals surface area contributed by atoms with Crippen molar-refractivity contribution in [2.24, 2.45) is 0 Å². The summed E-state index contributed by atoms with van der Waals surface area (Å²) < 4.78 is 5.81. The predicted octanol–water partition coefficient (Wildman–Crippen LogP) is 3.34. The molecule has 0 bridgehead atoms. The van der Waals surface area contributed by atoms with Crippen molar-refractivity contribution in [2.45, 2.75) is 51.2 Å². The van der Waals surface area contributed by atoms with Crippen LogP contribution in [0, 0.1) is 0 Å². The Morgan fingerprint density at radius 3 is 2.52 bits per heavy atom. The summed E-state index contributed by atoms with van der Waals surface area (Å²) >= 11 is 0. The number of hydrogen-bond donors (Lipinski definition) is 1. The first kappa shape index (κ1) is 14.9. The minimum Gasteiger partial charge on any atom is -0.374 e. The first-order valence-electron chi connectivity index (χ1n) is 8.44. The van der Waals surface area contributed by atoms with Gasteiger partial charge in [-0.3, -0.25) is 0 Å². The molecule has 0 aliphatic carbocycles. The molecule has 1 aromatic rings. The molecule has 2 saturated heterocycles. The number of hydrogen-bond acceptors (Lipinski definition) is 3. The summed E-state index contributed by atoms with van der Waals surface area (Å²) in [5.41, 5.74) is 2.79. The van der Waals surface area contributed by atoms with Gasteiger partial charge in [0, 0.05) is 38.5 Å². The number of nitrogens with zero attached hydrogens (tertiary/aromatic N) is 1. The van der Waals surface area contributed by atoms with Crippen molar-refractivity contribution in [3.05, 3.63) is 29.8 Å². The summed E-state index contributed by atoms with van der Waals surface area (Å²) in [5, 5.41) is 3.54. The Hall–Kier alpha value is -1.06. The highest BCUT2D eigenvalue weighted by molar-refractivity contribution is 5.47. The van der Waals surface area contributed by atoms with Crippen LogP contribution in [0.2, 0.25) is 0 Å². The lowest BCUT2D eigenvalue weighted by atomic mass is 10.0. The Morgan fingerprint density at radius 1 is 1.10 bits per heavy atom. The maximum Gasteiger partial charge on any atom is 0.0779 e. The van der Waals surface area contributed by atoms with Crippen LogP contribution in [0.5, 0.6) is 0 Å². The van der Waals surface area contributed by atoms with Gasteiger partial charge in [0.2, 0.25) is 0 Å². The van der Waals surface area contributed by atoms with E-state index in [-0.39, 0.29) is 5.60 Å². The second-order valence-corrected chi connectivity index (χ2v) is 6.72. The van der Waals surface area contributed by atoms with Crippen LogP contribution in [0.3, 0.4) is 0 Å². The van der Waals surface area contributed by atoms with Gasteiger partial charge in [-0.15, -0.1) is 0 Å². The van der Waals surface area contributed by atoms with Gasteiger partial charge < -0.3 is 15.0 Å². The van der Waals surface area contributed by atoms with Gasteiger partial charge in [0.1, 0.15) is 0 Å². The van der Waals surface area contributed by atoms with Crippen LogP contribution in [-0.2, 0) is 11.3 Å². The number of ether oxygens (including phenoxy) is 1. The molecule has 2 aliphatic rings. The highest BCUT2D eigenvalue weighted by Crippen LogP contribution is 2.24. The van der Waals surface area contributed by atoms with Crippen molar-refractivity contribution in [3.8, 4) is 0 Å². The summed E-state index contributed by atoms with van der Waals surface area (Å²) in [7, 11) is 0. The predicted molar refractivity (Wildman–Crippen MR) is 87.8 cm³/mol. The number of benzene rings is 1. The van der Waals surface area contributed by atoms with Crippen molar-refractivity contribution in [3.63, 3.8) is 0 Å². The first-order chi connectivity index (χ1) is 10.3. The van der Waals surface area contributed by atoms with E-state index in [0.717, 1.165) is 19.7 Å². The normalized spacial score (nSPS) is 26.2. The van der Waals surface area contributed by atoms with E-state index in [0.29, 0.717) is 0 Å². The lowest BCUT2D eigenvalue weighted by molar-refractivity contribution is 0.0207. The van der Waals surface area contributed by atoms with E-state index in [9.17, 15) is 0 Å². The van der Waals surface area contributed by atoms with E-state index in [4.69, 9.17) is 4.74 Å². The van der Waals surface area contributed by atoms with E-state index < -0.39 is 0 Å². The summed E-state index contributed by atoms with van der Waals surface area (Å²) in [6, 6.07) is 9.07. The van der Waals surface area contributed by atoms with Crippen molar-refractivity contribution < 1.29 is 4.74 Å². The Bertz CT molecular complexity index is 431. The third-order valence-corrected chi connectivity index (χ3v) is 4.79. The Kier molecular flexibility index (Phi) is 4.81. The van der Waals surface area contributed by atoms with Gasteiger partial charge >= 0.3 is 0 Å². The fraction of sp³-hybridized carbons (Fsp3) is 0.667. The van der Waals surface area contributed by atoms with E-state index in [2.05, 4.69) is 41.4 Å². The molecule has 3 heteroatoms. The quantitative estimate of drug-likeness (QED) is 0.899. The number of rotatable bonds is 5. The smallest absolute Gasteiger partial charge is 0.0779 e. The molecule has 1 aromatic carbocycles. The number of piperidine rings is 1. The highest BCUT2D eigenvalue weighted by atomic mass is 16.5. The summed E-state index contributed by atoms with van der Waals surface area (Å²) in [5.74, 6) is 0. The average molecular weight is 288 g/mol.